The van der Waals surface area contributed by atoms with Crippen molar-refractivity contribution in [3.63, 3.8) is 0 Å². The zero-order valence-corrected chi connectivity index (χ0v) is 16.5. The van der Waals surface area contributed by atoms with Crippen molar-refractivity contribution >= 4 is 17.3 Å². The first-order chi connectivity index (χ1) is 12.9. The molecule has 2 atom stereocenters. The van der Waals surface area contributed by atoms with Crippen LogP contribution in [0.4, 0.5) is 11.4 Å². The summed E-state index contributed by atoms with van der Waals surface area (Å²) in [6, 6.07) is 5.41. The van der Waals surface area contributed by atoms with Crippen molar-refractivity contribution in [2.24, 2.45) is 11.8 Å². The summed E-state index contributed by atoms with van der Waals surface area (Å²) >= 11 is 0. The van der Waals surface area contributed by atoms with Crippen molar-refractivity contribution < 1.29 is 9.72 Å². The fourth-order valence-corrected chi connectivity index (χ4v) is 4.48. The molecule has 2 aliphatic rings. The van der Waals surface area contributed by atoms with Gasteiger partial charge < -0.3 is 15.1 Å². The Labute approximate surface area is 160 Å². The summed E-state index contributed by atoms with van der Waals surface area (Å²) in [7, 11) is 1.94. The molecule has 1 aromatic carbocycles. The summed E-state index contributed by atoms with van der Waals surface area (Å²) in [5.41, 5.74) is 1.07. The first-order valence-corrected chi connectivity index (χ1v) is 9.89. The number of hydrogen-bond donors (Lipinski definition) is 1. The molecule has 0 spiro atoms. The summed E-state index contributed by atoms with van der Waals surface area (Å²) in [5.74, 6) is 0.894. The predicted molar refractivity (Wildman–Crippen MR) is 106 cm³/mol. The molecule has 1 amide bonds. The van der Waals surface area contributed by atoms with Gasteiger partial charge in [0, 0.05) is 43.9 Å². The minimum atomic E-state index is -0.358. The van der Waals surface area contributed by atoms with Gasteiger partial charge in [0.25, 0.3) is 11.6 Å². The van der Waals surface area contributed by atoms with Gasteiger partial charge in [0.2, 0.25) is 0 Å². The van der Waals surface area contributed by atoms with Gasteiger partial charge in [0.05, 0.1) is 4.92 Å². The van der Waals surface area contributed by atoms with Crippen LogP contribution in [0.2, 0.25) is 0 Å². The Balaban J connectivity index is 1.81. The highest BCUT2D eigenvalue weighted by Crippen LogP contribution is 2.34. The molecule has 7 nitrogen and oxygen atoms in total. The van der Waals surface area contributed by atoms with Gasteiger partial charge in [-0.25, -0.2) is 0 Å². The Bertz CT molecular complexity index is 690. The van der Waals surface area contributed by atoms with Crippen LogP contribution in [0.3, 0.4) is 0 Å². The van der Waals surface area contributed by atoms with E-state index in [4.69, 9.17) is 0 Å². The monoisotopic (exact) mass is 374 g/mol. The smallest absolute Gasteiger partial charge is 0.293 e. The van der Waals surface area contributed by atoms with Crippen LogP contribution in [-0.4, -0.2) is 55.0 Å². The molecular formula is C20H30N4O3. The Hall–Kier alpha value is -2.15. The number of anilines is 1. The average Bonchev–Trinajstić information content (AvgIpc) is 2.66. The number of nitro benzene ring substituents is 1. The molecule has 3 rings (SSSR count). The van der Waals surface area contributed by atoms with Crippen LogP contribution in [0.5, 0.6) is 0 Å². The average molecular weight is 374 g/mol. The van der Waals surface area contributed by atoms with Gasteiger partial charge in [-0.3, -0.25) is 14.9 Å². The number of nitrogens with zero attached hydrogens (tertiary/aromatic N) is 3. The molecule has 2 aliphatic heterocycles. The maximum atomic E-state index is 12.8. The van der Waals surface area contributed by atoms with Crippen LogP contribution in [0.15, 0.2) is 18.2 Å². The largest absolute Gasteiger partial charge is 0.365 e. The summed E-state index contributed by atoms with van der Waals surface area (Å²) in [4.78, 5) is 28.1. The number of nitrogens with one attached hydrogen (secondary N) is 1. The number of benzene rings is 1. The summed E-state index contributed by atoms with van der Waals surface area (Å²) < 4.78 is 0. The third-order valence-electron chi connectivity index (χ3n) is 5.82. The highest BCUT2D eigenvalue weighted by atomic mass is 16.6. The molecule has 7 heteroatoms. The van der Waals surface area contributed by atoms with E-state index in [1.807, 2.05) is 7.05 Å². The van der Waals surface area contributed by atoms with E-state index in [1.165, 1.54) is 6.07 Å². The first kappa shape index (κ1) is 19.6. The normalized spacial score (nSPS) is 24.1. The van der Waals surface area contributed by atoms with Crippen LogP contribution in [0.25, 0.3) is 0 Å². The lowest BCUT2D eigenvalue weighted by molar-refractivity contribution is -0.384. The number of rotatable bonds is 4. The Kier molecular flexibility index (Phi) is 5.99. The molecular weight excluding hydrogens is 344 g/mol. The molecule has 148 valence electrons. The molecule has 2 heterocycles. The molecule has 1 N–H and O–H groups in total. The number of hydrogen-bond acceptors (Lipinski definition) is 5. The molecule has 0 aromatic heterocycles. The first-order valence-electron chi connectivity index (χ1n) is 9.89. The van der Waals surface area contributed by atoms with Crippen LogP contribution >= 0.6 is 0 Å². The summed E-state index contributed by atoms with van der Waals surface area (Å²) in [6.45, 7) is 7.36. The van der Waals surface area contributed by atoms with Crippen molar-refractivity contribution in [1.82, 2.24) is 10.2 Å². The third kappa shape index (κ3) is 4.40. The van der Waals surface area contributed by atoms with Crippen molar-refractivity contribution in [1.29, 1.82) is 0 Å². The van der Waals surface area contributed by atoms with E-state index < -0.39 is 0 Å². The third-order valence-corrected chi connectivity index (χ3v) is 5.82. The van der Waals surface area contributed by atoms with Crippen LogP contribution in [0.1, 0.15) is 43.5 Å². The molecule has 0 bridgehead atoms. The zero-order chi connectivity index (χ0) is 19.6. The van der Waals surface area contributed by atoms with E-state index in [-0.39, 0.29) is 16.5 Å². The summed E-state index contributed by atoms with van der Waals surface area (Å²) in [6.07, 6.45) is 2.96. The van der Waals surface area contributed by atoms with Gasteiger partial charge in [-0.1, -0.05) is 13.8 Å². The molecule has 0 aliphatic carbocycles. The van der Waals surface area contributed by atoms with Gasteiger partial charge in [0.15, 0.2) is 0 Å². The van der Waals surface area contributed by atoms with Crippen LogP contribution in [-0.2, 0) is 0 Å². The lowest BCUT2D eigenvalue weighted by Gasteiger charge is -2.36. The SMILES string of the molecule is CNC1CCN(C(=O)c2ccc(N3CC(C)CC(C)C3)c([N+](=O)[O-])c2)CC1. The number of amides is 1. The molecule has 0 radical (unpaired) electrons. The van der Waals surface area contributed by atoms with Crippen molar-refractivity contribution in [2.75, 3.05) is 38.1 Å². The van der Waals surface area contributed by atoms with Crippen molar-refractivity contribution in [3.05, 3.63) is 33.9 Å². The van der Waals surface area contributed by atoms with E-state index in [0.29, 0.717) is 42.2 Å². The van der Waals surface area contributed by atoms with E-state index in [1.54, 1.807) is 17.0 Å². The van der Waals surface area contributed by atoms with Crippen molar-refractivity contribution in [2.45, 2.75) is 39.2 Å². The second kappa shape index (κ2) is 8.25. The number of carbonyl (C=O) groups excluding carboxylic acids is 1. The van der Waals surface area contributed by atoms with Crippen molar-refractivity contribution in [3.8, 4) is 0 Å². The van der Waals surface area contributed by atoms with E-state index >= 15 is 0 Å². The highest BCUT2D eigenvalue weighted by molar-refractivity contribution is 5.96. The van der Waals surface area contributed by atoms with Gasteiger partial charge in [0.1, 0.15) is 5.69 Å². The number of piperidine rings is 2. The second-order valence-electron chi connectivity index (χ2n) is 8.17. The Morgan fingerprint density at radius 3 is 2.37 bits per heavy atom. The van der Waals surface area contributed by atoms with Crippen LogP contribution < -0.4 is 10.2 Å². The minimum Gasteiger partial charge on any atom is -0.365 e. The number of nitro groups is 1. The minimum absolute atomic E-state index is 0.0345. The van der Waals surface area contributed by atoms with Gasteiger partial charge in [-0.2, -0.15) is 0 Å². The fourth-order valence-electron chi connectivity index (χ4n) is 4.48. The van der Waals surface area contributed by atoms with Gasteiger partial charge in [-0.15, -0.1) is 0 Å². The van der Waals surface area contributed by atoms with E-state index in [2.05, 4.69) is 24.1 Å². The Morgan fingerprint density at radius 2 is 1.81 bits per heavy atom. The fraction of sp³-hybridized carbons (Fsp3) is 0.650. The Morgan fingerprint density at radius 1 is 1.19 bits per heavy atom. The standard InChI is InChI=1S/C20H30N4O3/c1-14-10-15(2)13-23(12-14)18-5-4-16(11-19(18)24(26)27)20(25)22-8-6-17(21-3)7-9-22/h4-5,11,14-15,17,21H,6-10,12-13H2,1-3H3. The molecule has 2 saturated heterocycles. The number of likely N-dealkylation sites (tertiary alicyclic amines) is 1. The highest BCUT2D eigenvalue weighted by Gasteiger charge is 2.29. The molecule has 2 fully saturated rings. The molecule has 2 unspecified atom stereocenters. The quantitative estimate of drug-likeness (QED) is 0.648. The summed E-state index contributed by atoms with van der Waals surface area (Å²) in [5, 5.41) is 15.0. The van der Waals surface area contributed by atoms with Gasteiger partial charge >= 0.3 is 0 Å². The molecule has 1 aromatic rings. The topological polar surface area (TPSA) is 78.7 Å². The maximum absolute atomic E-state index is 12.8. The van der Waals surface area contributed by atoms with E-state index in [9.17, 15) is 14.9 Å². The lowest BCUT2D eigenvalue weighted by Crippen LogP contribution is -2.44. The van der Waals surface area contributed by atoms with E-state index in [0.717, 1.165) is 32.4 Å². The molecule has 27 heavy (non-hydrogen) atoms. The lowest BCUT2D eigenvalue weighted by atomic mass is 9.91. The number of carbonyl (C=O) groups is 1. The second-order valence-corrected chi connectivity index (χ2v) is 8.17. The molecule has 0 saturated carbocycles. The predicted octanol–water partition coefficient (Wildman–Crippen LogP) is 2.90. The van der Waals surface area contributed by atoms with Gasteiger partial charge in [-0.05, 0) is 50.3 Å². The van der Waals surface area contributed by atoms with Crippen LogP contribution in [0, 0.1) is 22.0 Å². The zero-order valence-electron chi connectivity index (χ0n) is 16.5. The maximum Gasteiger partial charge on any atom is 0.293 e.